The highest BCUT2D eigenvalue weighted by atomic mass is 32.1. The van der Waals surface area contributed by atoms with Gasteiger partial charge in [0.2, 0.25) is 11.0 Å². The van der Waals surface area contributed by atoms with E-state index in [2.05, 4.69) is 12.2 Å². The molecule has 0 saturated heterocycles. The standard InChI is InChI=1S/C24H24N4O3S/c1-4-11-31-18-10-9-15(12-19(18)30-3)16-13-21(29)26-23-22(16)14(2)27-28(23)24-25-17-7-5-6-8-20(17)32-24/h5-10,12,16H,4,11,13H2,1-3H3,(H,26,29)/t16-/m1/s1. The van der Waals surface area contributed by atoms with Gasteiger partial charge in [0.25, 0.3) is 0 Å². The molecular formula is C24H24N4O3S. The Morgan fingerprint density at radius 3 is 2.84 bits per heavy atom. The van der Waals surface area contributed by atoms with Gasteiger partial charge >= 0.3 is 0 Å². The average molecular weight is 449 g/mol. The van der Waals surface area contributed by atoms with Crippen molar-refractivity contribution >= 4 is 33.3 Å². The molecule has 0 saturated carbocycles. The van der Waals surface area contributed by atoms with Crippen molar-refractivity contribution in [2.45, 2.75) is 32.6 Å². The molecule has 1 N–H and O–H groups in total. The topological polar surface area (TPSA) is 78.3 Å². The number of carbonyl (C=O) groups is 1. The molecule has 2 aromatic heterocycles. The number of nitrogens with zero attached hydrogens (tertiary/aromatic N) is 3. The third-order valence-corrected chi connectivity index (χ3v) is 6.63. The Balaban J connectivity index is 1.59. The van der Waals surface area contributed by atoms with E-state index in [1.165, 1.54) is 0 Å². The molecule has 1 aliphatic rings. The number of rotatable bonds is 6. The van der Waals surface area contributed by atoms with Crippen LogP contribution in [0.2, 0.25) is 0 Å². The van der Waals surface area contributed by atoms with Gasteiger partial charge in [-0.1, -0.05) is 36.5 Å². The molecule has 5 rings (SSSR count). The van der Waals surface area contributed by atoms with Crippen molar-refractivity contribution in [2.75, 3.05) is 19.0 Å². The highest BCUT2D eigenvalue weighted by Gasteiger charge is 2.33. The van der Waals surface area contributed by atoms with E-state index in [1.54, 1.807) is 23.1 Å². The van der Waals surface area contributed by atoms with E-state index in [-0.39, 0.29) is 11.8 Å². The second-order valence-electron chi connectivity index (χ2n) is 7.79. The number of methoxy groups -OCH3 is 1. The van der Waals surface area contributed by atoms with Gasteiger partial charge in [-0.3, -0.25) is 4.79 Å². The number of carbonyl (C=O) groups excluding carboxylic acids is 1. The number of amides is 1. The lowest BCUT2D eigenvalue weighted by molar-refractivity contribution is -0.116. The van der Waals surface area contributed by atoms with Crippen LogP contribution < -0.4 is 14.8 Å². The van der Waals surface area contributed by atoms with Gasteiger partial charge in [-0.15, -0.1) is 0 Å². The molecule has 1 atom stereocenters. The van der Waals surface area contributed by atoms with Crippen LogP contribution in [-0.4, -0.2) is 34.4 Å². The molecule has 0 fully saturated rings. The van der Waals surface area contributed by atoms with Crippen molar-refractivity contribution in [3.63, 3.8) is 0 Å². The van der Waals surface area contributed by atoms with Gasteiger partial charge in [0.1, 0.15) is 5.82 Å². The van der Waals surface area contributed by atoms with Crippen LogP contribution in [0.25, 0.3) is 15.3 Å². The maximum absolute atomic E-state index is 12.7. The van der Waals surface area contributed by atoms with Crippen LogP contribution >= 0.6 is 11.3 Å². The van der Waals surface area contributed by atoms with Crippen molar-refractivity contribution in [3.8, 4) is 16.6 Å². The maximum Gasteiger partial charge on any atom is 0.226 e. The molecule has 2 aromatic carbocycles. The summed E-state index contributed by atoms with van der Waals surface area (Å²) in [6, 6.07) is 13.9. The zero-order valence-electron chi connectivity index (χ0n) is 18.2. The Hall–Kier alpha value is -3.39. The first-order chi connectivity index (χ1) is 15.6. The van der Waals surface area contributed by atoms with Crippen molar-refractivity contribution in [3.05, 3.63) is 59.3 Å². The molecule has 32 heavy (non-hydrogen) atoms. The number of benzene rings is 2. The number of aryl methyl sites for hydroxylation is 1. The van der Waals surface area contributed by atoms with Crippen molar-refractivity contribution < 1.29 is 14.3 Å². The number of ether oxygens (including phenoxy) is 2. The van der Waals surface area contributed by atoms with Gasteiger partial charge in [0.15, 0.2) is 11.5 Å². The second kappa shape index (κ2) is 8.27. The molecular weight excluding hydrogens is 424 g/mol. The van der Waals surface area contributed by atoms with E-state index in [9.17, 15) is 4.79 Å². The third kappa shape index (κ3) is 3.50. The summed E-state index contributed by atoms with van der Waals surface area (Å²) in [4.78, 5) is 17.4. The van der Waals surface area contributed by atoms with Crippen molar-refractivity contribution in [2.24, 2.45) is 0 Å². The van der Waals surface area contributed by atoms with Gasteiger partial charge in [-0.05, 0) is 43.2 Å². The van der Waals surface area contributed by atoms with E-state index in [0.29, 0.717) is 30.3 Å². The zero-order chi connectivity index (χ0) is 22.2. The molecule has 1 aliphatic heterocycles. The summed E-state index contributed by atoms with van der Waals surface area (Å²) in [6.45, 7) is 4.66. The number of hydrogen-bond donors (Lipinski definition) is 1. The molecule has 0 spiro atoms. The highest BCUT2D eigenvalue weighted by Crippen LogP contribution is 2.43. The van der Waals surface area contributed by atoms with Crippen LogP contribution in [-0.2, 0) is 4.79 Å². The van der Waals surface area contributed by atoms with E-state index in [1.807, 2.05) is 49.4 Å². The van der Waals surface area contributed by atoms with Crippen LogP contribution in [0.15, 0.2) is 42.5 Å². The third-order valence-electron chi connectivity index (χ3n) is 5.62. The largest absolute Gasteiger partial charge is 0.493 e. The lowest BCUT2D eigenvalue weighted by atomic mass is 9.85. The molecule has 0 aliphatic carbocycles. The van der Waals surface area contributed by atoms with Gasteiger partial charge in [0, 0.05) is 17.9 Å². The lowest BCUT2D eigenvalue weighted by Gasteiger charge is -2.24. The van der Waals surface area contributed by atoms with Crippen LogP contribution in [0.3, 0.4) is 0 Å². The van der Waals surface area contributed by atoms with Crippen molar-refractivity contribution in [1.82, 2.24) is 14.8 Å². The number of fused-ring (bicyclic) bond motifs is 2. The molecule has 1 amide bonds. The fraction of sp³-hybridized carbons (Fsp3) is 0.292. The number of aromatic nitrogens is 3. The van der Waals surface area contributed by atoms with Crippen LogP contribution in [0.1, 0.15) is 42.5 Å². The average Bonchev–Trinajstić information content (AvgIpc) is 3.38. The highest BCUT2D eigenvalue weighted by molar-refractivity contribution is 7.20. The lowest BCUT2D eigenvalue weighted by Crippen LogP contribution is -2.25. The van der Waals surface area contributed by atoms with E-state index < -0.39 is 0 Å². The summed E-state index contributed by atoms with van der Waals surface area (Å²) >= 11 is 1.55. The molecule has 8 heteroatoms. The minimum atomic E-state index is -0.129. The molecule has 0 unspecified atom stereocenters. The van der Waals surface area contributed by atoms with Gasteiger partial charge in [-0.2, -0.15) is 9.78 Å². The summed E-state index contributed by atoms with van der Waals surface area (Å²) < 4.78 is 14.2. The predicted octanol–water partition coefficient (Wildman–Crippen LogP) is 5.06. The Bertz CT molecular complexity index is 1280. The molecule has 0 radical (unpaired) electrons. The normalized spacial score (nSPS) is 15.5. The van der Waals surface area contributed by atoms with E-state index in [4.69, 9.17) is 19.6 Å². The summed E-state index contributed by atoms with van der Waals surface area (Å²) in [5.41, 5.74) is 3.79. The Kier molecular flexibility index (Phi) is 5.30. The first-order valence-electron chi connectivity index (χ1n) is 10.6. The summed E-state index contributed by atoms with van der Waals surface area (Å²) in [5.74, 6) is 1.89. The first-order valence-corrected chi connectivity index (χ1v) is 11.5. The SMILES string of the molecule is CCCOc1ccc([C@H]2CC(=O)Nc3c2c(C)nn3-c2nc3ccccc3s2)cc1OC. The number of nitrogens with one attached hydrogen (secondary N) is 1. The monoisotopic (exact) mass is 448 g/mol. The first kappa shape index (κ1) is 20.5. The maximum atomic E-state index is 12.7. The fourth-order valence-electron chi connectivity index (χ4n) is 4.15. The fourth-order valence-corrected chi connectivity index (χ4v) is 5.08. The van der Waals surface area contributed by atoms with Crippen LogP contribution in [0.5, 0.6) is 11.5 Å². The minimum absolute atomic E-state index is 0.0463. The van der Waals surface area contributed by atoms with Gasteiger partial charge in [0.05, 0.1) is 29.6 Å². The summed E-state index contributed by atoms with van der Waals surface area (Å²) in [7, 11) is 1.63. The molecule has 7 nitrogen and oxygen atoms in total. The Labute approximate surface area is 190 Å². The zero-order valence-corrected chi connectivity index (χ0v) is 19.0. The van der Waals surface area contributed by atoms with Crippen LogP contribution in [0.4, 0.5) is 5.82 Å². The molecule has 3 heterocycles. The number of thiazole rings is 1. The molecule has 4 aromatic rings. The smallest absolute Gasteiger partial charge is 0.226 e. The predicted molar refractivity (Wildman–Crippen MR) is 125 cm³/mol. The van der Waals surface area contributed by atoms with Gasteiger partial charge < -0.3 is 14.8 Å². The quantitative estimate of drug-likeness (QED) is 0.446. The van der Waals surface area contributed by atoms with E-state index >= 15 is 0 Å². The van der Waals surface area contributed by atoms with Crippen molar-refractivity contribution in [1.29, 1.82) is 0 Å². The number of para-hydroxylation sites is 1. The summed E-state index contributed by atoms with van der Waals surface area (Å²) in [5, 5.41) is 8.53. The Morgan fingerprint density at radius 2 is 2.06 bits per heavy atom. The van der Waals surface area contributed by atoms with Gasteiger partial charge in [-0.25, -0.2) is 4.98 Å². The Morgan fingerprint density at radius 1 is 1.22 bits per heavy atom. The van der Waals surface area contributed by atoms with Crippen LogP contribution in [0, 0.1) is 6.92 Å². The number of anilines is 1. The second-order valence-corrected chi connectivity index (χ2v) is 8.80. The van der Waals surface area contributed by atoms with E-state index in [0.717, 1.165) is 38.6 Å². The molecule has 0 bridgehead atoms. The summed E-state index contributed by atoms with van der Waals surface area (Å²) in [6.07, 6.45) is 1.26. The minimum Gasteiger partial charge on any atom is -0.493 e. The molecule has 164 valence electrons. The number of hydrogen-bond acceptors (Lipinski definition) is 6.